The van der Waals surface area contributed by atoms with Crippen LogP contribution in [0.25, 0.3) is 0 Å². The normalized spacial score (nSPS) is 10.2. The second-order valence-corrected chi connectivity index (χ2v) is 6.01. The summed E-state index contributed by atoms with van der Waals surface area (Å²) in [4.78, 5) is 24.2. The zero-order chi connectivity index (χ0) is 19.1. The average Bonchev–Trinajstić information content (AvgIpc) is 2.63. The third-order valence-corrected chi connectivity index (χ3v) is 3.86. The molecule has 6 heteroatoms. The molecular formula is C20H24N2O4. The summed E-state index contributed by atoms with van der Waals surface area (Å²) in [6.07, 6.45) is 0. The standard InChI is InChI=1S/C20H24N2O4/c1-13-7-14(2)9-16(8-13)20(24)22-12-19(23)21-11-15-5-6-17(25-3)10-18(15)26-4/h5-10H,11-12H2,1-4H3,(H,21,23)(H,22,24). The highest BCUT2D eigenvalue weighted by Crippen LogP contribution is 2.24. The summed E-state index contributed by atoms with van der Waals surface area (Å²) in [5.41, 5.74) is 3.38. The molecule has 2 N–H and O–H groups in total. The number of benzene rings is 2. The summed E-state index contributed by atoms with van der Waals surface area (Å²) in [6, 6.07) is 11.0. The molecule has 0 atom stereocenters. The minimum atomic E-state index is -0.277. The number of carbonyl (C=O) groups is 2. The van der Waals surface area contributed by atoms with Crippen LogP contribution in [0.15, 0.2) is 36.4 Å². The highest BCUT2D eigenvalue weighted by molar-refractivity contribution is 5.96. The van der Waals surface area contributed by atoms with E-state index in [-0.39, 0.29) is 18.4 Å². The van der Waals surface area contributed by atoms with Gasteiger partial charge < -0.3 is 20.1 Å². The summed E-state index contributed by atoms with van der Waals surface area (Å²) >= 11 is 0. The van der Waals surface area contributed by atoms with Gasteiger partial charge in [-0.15, -0.1) is 0 Å². The number of hydrogen-bond acceptors (Lipinski definition) is 4. The number of ether oxygens (including phenoxy) is 2. The molecule has 0 aliphatic heterocycles. The Kier molecular flexibility index (Phi) is 6.60. The van der Waals surface area contributed by atoms with E-state index in [1.807, 2.05) is 26.0 Å². The number of carbonyl (C=O) groups excluding carboxylic acids is 2. The number of aryl methyl sites for hydroxylation is 2. The summed E-state index contributed by atoms with van der Waals surface area (Å²) in [6.45, 7) is 4.06. The lowest BCUT2D eigenvalue weighted by atomic mass is 10.1. The van der Waals surface area contributed by atoms with E-state index in [0.29, 0.717) is 23.6 Å². The van der Waals surface area contributed by atoms with Crippen LogP contribution < -0.4 is 20.1 Å². The number of amides is 2. The maximum Gasteiger partial charge on any atom is 0.251 e. The maximum absolute atomic E-state index is 12.2. The minimum absolute atomic E-state index is 0.0930. The third kappa shape index (κ3) is 5.24. The zero-order valence-corrected chi connectivity index (χ0v) is 15.5. The molecule has 0 spiro atoms. The van der Waals surface area contributed by atoms with Crippen LogP contribution in [0.1, 0.15) is 27.0 Å². The Hall–Kier alpha value is -3.02. The second kappa shape index (κ2) is 8.89. The first kappa shape index (κ1) is 19.3. The molecule has 0 aliphatic rings. The lowest BCUT2D eigenvalue weighted by Crippen LogP contribution is -2.36. The second-order valence-electron chi connectivity index (χ2n) is 6.01. The van der Waals surface area contributed by atoms with Crippen molar-refractivity contribution in [1.29, 1.82) is 0 Å². The van der Waals surface area contributed by atoms with Crippen LogP contribution in [0.2, 0.25) is 0 Å². The third-order valence-electron chi connectivity index (χ3n) is 3.86. The lowest BCUT2D eigenvalue weighted by molar-refractivity contribution is -0.120. The van der Waals surface area contributed by atoms with Crippen molar-refractivity contribution in [1.82, 2.24) is 10.6 Å². The fraction of sp³-hybridized carbons (Fsp3) is 0.300. The van der Waals surface area contributed by atoms with Crippen LogP contribution in [0.4, 0.5) is 0 Å². The Morgan fingerprint density at radius 3 is 2.23 bits per heavy atom. The molecule has 26 heavy (non-hydrogen) atoms. The molecule has 2 aromatic carbocycles. The van der Waals surface area contributed by atoms with E-state index >= 15 is 0 Å². The number of nitrogens with one attached hydrogen (secondary N) is 2. The first-order chi connectivity index (χ1) is 12.4. The lowest BCUT2D eigenvalue weighted by Gasteiger charge is -2.12. The molecule has 0 fully saturated rings. The molecule has 0 saturated heterocycles. The quantitative estimate of drug-likeness (QED) is 0.798. The van der Waals surface area contributed by atoms with Crippen molar-refractivity contribution in [2.45, 2.75) is 20.4 Å². The number of rotatable bonds is 7. The predicted molar refractivity (Wildman–Crippen MR) is 99.6 cm³/mol. The van der Waals surface area contributed by atoms with Crippen LogP contribution in [-0.2, 0) is 11.3 Å². The molecule has 0 bridgehead atoms. The van der Waals surface area contributed by atoms with Gasteiger partial charge in [0, 0.05) is 23.7 Å². The SMILES string of the molecule is COc1ccc(CNC(=O)CNC(=O)c2cc(C)cc(C)c2)c(OC)c1. The van der Waals surface area contributed by atoms with E-state index in [4.69, 9.17) is 9.47 Å². The molecule has 0 saturated carbocycles. The average molecular weight is 356 g/mol. The summed E-state index contributed by atoms with van der Waals surface area (Å²) in [7, 11) is 3.14. The van der Waals surface area contributed by atoms with Crippen molar-refractivity contribution < 1.29 is 19.1 Å². The minimum Gasteiger partial charge on any atom is -0.497 e. The molecule has 0 unspecified atom stereocenters. The highest BCUT2D eigenvalue weighted by atomic mass is 16.5. The van der Waals surface area contributed by atoms with Gasteiger partial charge in [0.1, 0.15) is 11.5 Å². The van der Waals surface area contributed by atoms with Crippen molar-refractivity contribution in [3.05, 3.63) is 58.7 Å². The van der Waals surface area contributed by atoms with E-state index in [1.54, 1.807) is 38.5 Å². The van der Waals surface area contributed by atoms with Gasteiger partial charge in [0.2, 0.25) is 5.91 Å². The van der Waals surface area contributed by atoms with Crippen molar-refractivity contribution in [3.63, 3.8) is 0 Å². The monoisotopic (exact) mass is 356 g/mol. The van der Waals surface area contributed by atoms with Crippen molar-refractivity contribution in [2.75, 3.05) is 20.8 Å². The Morgan fingerprint density at radius 2 is 1.62 bits per heavy atom. The van der Waals surface area contributed by atoms with Gasteiger partial charge in [-0.1, -0.05) is 17.2 Å². The van der Waals surface area contributed by atoms with Gasteiger partial charge in [0.05, 0.1) is 20.8 Å². The first-order valence-electron chi connectivity index (χ1n) is 8.27. The Balaban J connectivity index is 1.88. The summed E-state index contributed by atoms with van der Waals surface area (Å²) < 4.78 is 10.4. The fourth-order valence-corrected chi connectivity index (χ4v) is 2.62. The Morgan fingerprint density at radius 1 is 0.923 bits per heavy atom. The van der Waals surface area contributed by atoms with Gasteiger partial charge in [-0.3, -0.25) is 9.59 Å². The van der Waals surface area contributed by atoms with Crippen molar-refractivity contribution in [3.8, 4) is 11.5 Å². The molecule has 2 rings (SSSR count). The van der Waals surface area contributed by atoms with Gasteiger partial charge in [-0.05, 0) is 38.1 Å². The smallest absolute Gasteiger partial charge is 0.251 e. The fourth-order valence-electron chi connectivity index (χ4n) is 2.62. The highest BCUT2D eigenvalue weighted by Gasteiger charge is 2.10. The van der Waals surface area contributed by atoms with Gasteiger partial charge >= 0.3 is 0 Å². The topological polar surface area (TPSA) is 76.7 Å². The Bertz CT molecular complexity index is 782. The largest absolute Gasteiger partial charge is 0.497 e. The molecule has 2 aromatic rings. The van der Waals surface area contributed by atoms with E-state index in [1.165, 1.54) is 0 Å². The molecule has 138 valence electrons. The van der Waals surface area contributed by atoms with Crippen LogP contribution in [0.3, 0.4) is 0 Å². The zero-order valence-electron chi connectivity index (χ0n) is 15.5. The van der Waals surface area contributed by atoms with Gasteiger partial charge in [0.25, 0.3) is 5.91 Å². The predicted octanol–water partition coefficient (Wildman–Crippen LogP) is 2.37. The van der Waals surface area contributed by atoms with Crippen LogP contribution in [0, 0.1) is 13.8 Å². The maximum atomic E-state index is 12.2. The summed E-state index contributed by atoms with van der Waals surface area (Å²) in [5.74, 6) is 0.760. The molecule has 0 heterocycles. The van der Waals surface area contributed by atoms with Crippen LogP contribution >= 0.6 is 0 Å². The van der Waals surface area contributed by atoms with E-state index in [0.717, 1.165) is 16.7 Å². The van der Waals surface area contributed by atoms with Gasteiger partial charge in [-0.25, -0.2) is 0 Å². The molecule has 0 aliphatic carbocycles. The van der Waals surface area contributed by atoms with E-state index in [2.05, 4.69) is 10.6 Å². The number of methoxy groups -OCH3 is 2. The number of hydrogen-bond donors (Lipinski definition) is 2. The molecule has 6 nitrogen and oxygen atoms in total. The molecular weight excluding hydrogens is 332 g/mol. The van der Waals surface area contributed by atoms with Crippen LogP contribution in [0.5, 0.6) is 11.5 Å². The molecule has 0 aromatic heterocycles. The molecule has 0 radical (unpaired) electrons. The van der Waals surface area contributed by atoms with Crippen molar-refractivity contribution in [2.24, 2.45) is 0 Å². The Labute approximate surface area is 153 Å². The van der Waals surface area contributed by atoms with Crippen LogP contribution in [-0.4, -0.2) is 32.6 Å². The van der Waals surface area contributed by atoms with E-state index in [9.17, 15) is 9.59 Å². The first-order valence-corrected chi connectivity index (χ1v) is 8.27. The van der Waals surface area contributed by atoms with E-state index < -0.39 is 0 Å². The molecule has 2 amide bonds. The van der Waals surface area contributed by atoms with Crippen molar-refractivity contribution >= 4 is 11.8 Å². The van der Waals surface area contributed by atoms with Gasteiger partial charge in [-0.2, -0.15) is 0 Å². The summed E-state index contributed by atoms with van der Waals surface area (Å²) in [5, 5.41) is 5.40. The van der Waals surface area contributed by atoms with Gasteiger partial charge in [0.15, 0.2) is 0 Å².